The lowest BCUT2D eigenvalue weighted by Gasteiger charge is -2.32. The minimum absolute atomic E-state index is 0. The second kappa shape index (κ2) is 7.55. The van der Waals surface area contributed by atoms with Crippen molar-refractivity contribution in [1.82, 2.24) is 10.2 Å². The van der Waals surface area contributed by atoms with E-state index in [4.69, 9.17) is 27.9 Å². The molecule has 0 saturated carbocycles. The average Bonchev–Trinajstić information content (AvgIpc) is 2.28. The van der Waals surface area contributed by atoms with Crippen LogP contribution in [-0.2, 0) is 6.54 Å². The Balaban J connectivity index is 0.00000180. The zero-order valence-electron chi connectivity index (χ0n) is 11.1. The second-order valence-corrected chi connectivity index (χ2v) is 5.51. The summed E-state index contributed by atoms with van der Waals surface area (Å²) in [6, 6.07) is 4.16. The molecule has 1 N–H and O–H groups in total. The Kier molecular flexibility index (Phi) is 6.71. The molecule has 1 fully saturated rings. The summed E-state index contributed by atoms with van der Waals surface area (Å²) in [7, 11) is 1.64. The van der Waals surface area contributed by atoms with Crippen molar-refractivity contribution in [3.05, 3.63) is 27.7 Å². The van der Waals surface area contributed by atoms with Gasteiger partial charge in [0, 0.05) is 42.8 Å². The van der Waals surface area contributed by atoms with Crippen LogP contribution >= 0.6 is 35.6 Å². The molecule has 1 aromatic carbocycles. The molecule has 1 saturated heterocycles. The van der Waals surface area contributed by atoms with Gasteiger partial charge in [-0.05, 0) is 19.1 Å². The molecule has 0 aliphatic carbocycles. The fourth-order valence-electron chi connectivity index (χ4n) is 2.36. The highest BCUT2D eigenvalue weighted by atomic mass is 35.5. The van der Waals surface area contributed by atoms with Gasteiger partial charge in [0.1, 0.15) is 5.75 Å². The molecule has 1 atom stereocenters. The first-order valence-corrected chi connectivity index (χ1v) is 6.83. The number of rotatable bonds is 3. The third kappa shape index (κ3) is 4.40. The maximum atomic E-state index is 6.14. The molecule has 0 spiro atoms. The van der Waals surface area contributed by atoms with Crippen LogP contribution in [0.1, 0.15) is 12.5 Å². The van der Waals surface area contributed by atoms with Crippen LogP contribution in [0.3, 0.4) is 0 Å². The van der Waals surface area contributed by atoms with Gasteiger partial charge >= 0.3 is 0 Å². The normalized spacial score (nSPS) is 19.9. The maximum Gasteiger partial charge on any atom is 0.142 e. The number of piperazine rings is 1. The summed E-state index contributed by atoms with van der Waals surface area (Å²) in [4.78, 5) is 2.38. The molecule has 108 valence electrons. The van der Waals surface area contributed by atoms with Crippen LogP contribution in [0.2, 0.25) is 10.0 Å². The molecular formula is C13H19Cl3N2O. The van der Waals surface area contributed by atoms with Gasteiger partial charge in [0.15, 0.2) is 0 Å². The van der Waals surface area contributed by atoms with Crippen LogP contribution in [0.4, 0.5) is 0 Å². The van der Waals surface area contributed by atoms with Crippen molar-refractivity contribution in [2.24, 2.45) is 0 Å². The molecule has 0 unspecified atom stereocenters. The topological polar surface area (TPSA) is 24.5 Å². The van der Waals surface area contributed by atoms with Gasteiger partial charge in [-0.15, -0.1) is 12.4 Å². The van der Waals surface area contributed by atoms with Crippen LogP contribution in [0.5, 0.6) is 5.75 Å². The SMILES string of the molecule is COc1c(Cl)cc(Cl)cc1CN1CCN[C@H](C)C1.Cl. The Morgan fingerprint density at radius 2 is 2.16 bits per heavy atom. The second-order valence-electron chi connectivity index (χ2n) is 4.67. The predicted molar refractivity (Wildman–Crippen MR) is 83.0 cm³/mol. The molecule has 2 rings (SSSR count). The number of nitrogens with one attached hydrogen (secondary N) is 1. The fraction of sp³-hybridized carbons (Fsp3) is 0.538. The van der Waals surface area contributed by atoms with Crippen LogP contribution in [0.15, 0.2) is 12.1 Å². The van der Waals surface area contributed by atoms with E-state index in [-0.39, 0.29) is 12.4 Å². The standard InChI is InChI=1S/C13H18Cl2N2O.ClH/c1-9-7-17(4-3-16-9)8-10-5-11(14)6-12(15)13(10)18-2;/h5-6,9,16H,3-4,7-8H2,1-2H3;1H/t9-;/m1./s1. The van der Waals surface area contributed by atoms with Crippen LogP contribution in [-0.4, -0.2) is 37.7 Å². The Bertz CT molecular complexity index is 429. The van der Waals surface area contributed by atoms with Crippen LogP contribution < -0.4 is 10.1 Å². The van der Waals surface area contributed by atoms with Crippen LogP contribution in [0.25, 0.3) is 0 Å². The van der Waals surface area contributed by atoms with Gasteiger partial charge in [-0.2, -0.15) is 0 Å². The molecule has 0 bridgehead atoms. The molecule has 6 heteroatoms. The maximum absolute atomic E-state index is 6.14. The summed E-state index contributed by atoms with van der Waals surface area (Å²) < 4.78 is 5.37. The largest absolute Gasteiger partial charge is 0.495 e. The van der Waals surface area contributed by atoms with Gasteiger partial charge in [-0.25, -0.2) is 0 Å². The van der Waals surface area contributed by atoms with Crippen molar-refractivity contribution in [3.8, 4) is 5.75 Å². The Hall–Kier alpha value is -0.190. The summed E-state index contributed by atoms with van der Waals surface area (Å²) in [5, 5.41) is 4.65. The molecule has 1 aliphatic heterocycles. The van der Waals surface area contributed by atoms with E-state index >= 15 is 0 Å². The third-order valence-electron chi connectivity index (χ3n) is 3.14. The van der Waals surface area contributed by atoms with E-state index in [0.717, 1.165) is 37.5 Å². The highest BCUT2D eigenvalue weighted by molar-refractivity contribution is 6.35. The first-order valence-electron chi connectivity index (χ1n) is 6.08. The summed E-state index contributed by atoms with van der Waals surface area (Å²) in [5.74, 6) is 0.729. The first kappa shape index (κ1) is 16.9. The van der Waals surface area contributed by atoms with Gasteiger partial charge in [0.2, 0.25) is 0 Å². The number of hydrogen-bond donors (Lipinski definition) is 1. The van der Waals surface area contributed by atoms with E-state index in [1.807, 2.05) is 6.07 Å². The highest BCUT2D eigenvalue weighted by Gasteiger charge is 2.18. The zero-order valence-corrected chi connectivity index (χ0v) is 13.4. The summed E-state index contributed by atoms with van der Waals surface area (Å²) in [6.07, 6.45) is 0. The first-order chi connectivity index (χ1) is 8.60. The lowest BCUT2D eigenvalue weighted by atomic mass is 10.1. The Labute approximate surface area is 130 Å². The van der Waals surface area contributed by atoms with Crippen molar-refractivity contribution in [1.29, 1.82) is 0 Å². The minimum atomic E-state index is 0. The van der Waals surface area contributed by atoms with Gasteiger partial charge in [-0.1, -0.05) is 23.2 Å². The lowest BCUT2D eigenvalue weighted by Crippen LogP contribution is -2.48. The van der Waals surface area contributed by atoms with Crippen molar-refractivity contribution in [3.63, 3.8) is 0 Å². The van der Waals surface area contributed by atoms with E-state index in [9.17, 15) is 0 Å². The Morgan fingerprint density at radius 3 is 2.79 bits per heavy atom. The monoisotopic (exact) mass is 324 g/mol. The Morgan fingerprint density at radius 1 is 1.42 bits per heavy atom. The fourth-order valence-corrected chi connectivity index (χ4v) is 2.97. The van der Waals surface area contributed by atoms with E-state index in [0.29, 0.717) is 16.1 Å². The van der Waals surface area contributed by atoms with Crippen molar-refractivity contribution >= 4 is 35.6 Å². The molecule has 0 radical (unpaired) electrons. The minimum Gasteiger partial charge on any atom is -0.495 e. The molecule has 1 heterocycles. The van der Waals surface area contributed by atoms with E-state index in [2.05, 4.69) is 17.1 Å². The molecule has 0 aromatic heterocycles. The number of benzene rings is 1. The third-order valence-corrected chi connectivity index (χ3v) is 3.64. The van der Waals surface area contributed by atoms with E-state index in [1.54, 1.807) is 13.2 Å². The molecule has 3 nitrogen and oxygen atoms in total. The van der Waals surface area contributed by atoms with Crippen LogP contribution in [0, 0.1) is 0 Å². The molecular weight excluding hydrogens is 307 g/mol. The summed E-state index contributed by atoms with van der Waals surface area (Å²) in [5.41, 5.74) is 1.05. The van der Waals surface area contributed by atoms with Crippen molar-refractivity contribution in [2.45, 2.75) is 19.5 Å². The van der Waals surface area contributed by atoms with E-state index < -0.39 is 0 Å². The average molecular weight is 326 g/mol. The number of halogens is 3. The molecule has 19 heavy (non-hydrogen) atoms. The van der Waals surface area contributed by atoms with Crippen molar-refractivity contribution in [2.75, 3.05) is 26.7 Å². The number of nitrogens with zero attached hydrogens (tertiary/aromatic N) is 1. The van der Waals surface area contributed by atoms with E-state index in [1.165, 1.54) is 0 Å². The van der Waals surface area contributed by atoms with Crippen molar-refractivity contribution < 1.29 is 4.74 Å². The van der Waals surface area contributed by atoms with Gasteiger partial charge in [-0.3, -0.25) is 4.90 Å². The van der Waals surface area contributed by atoms with Gasteiger partial charge in [0.25, 0.3) is 0 Å². The predicted octanol–water partition coefficient (Wildman–Crippen LogP) is 3.22. The number of ether oxygens (including phenoxy) is 1. The molecule has 1 aromatic rings. The summed E-state index contributed by atoms with van der Waals surface area (Å²) >= 11 is 12.2. The zero-order chi connectivity index (χ0) is 13.1. The quantitative estimate of drug-likeness (QED) is 0.923. The molecule has 1 aliphatic rings. The van der Waals surface area contributed by atoms with Gasteiger partial charge < -0.3 is 10.1 Å². The molecule has 0 amide bonds. The van der Waals surface area contributed by atoms with Gasteiger partial charge in [0.05, 0.1) is 12.1 Å². The highest BCUT2D eigenvalue weighted by Crippen LogP contribution is 2.33. The summed E-state index contributed by atoms with van der Waals surface area (Å²) in [6.45, 7) is 6.06. The lowest BCUT2D eigenvalue weighted by molar-refractivity contribution is 0.197. The number of hydrogen-bond acceptors (Lipinski definition) is 3. The smallest absolute Gasteiger partial charge is 0.142 e. The number of methoxy groups -OCH3 is 1.